The van der Waals surface area contributed by atoms with Gasteiger partial charge in [0.2, 0.25) is 0 Å². The zero-order valence-corrected chi connectivity index (χ0v) is 12.6. The molecule has 0 aromatic carbocycles. The third kappa shape index (κ3) is 4.92. The number of nitrogens with one attached hydrogen (secondary N) is 1. The molecule has 2 N–H and O–H groups in total. The lowest BCUT2D eigenvalue weighted by Crippen LogP contribution is -2.32. The molecular formula is C12H17Cl2F2N3O. The van der Waals surface area contributed by atoms with Gasteiger partial charge in [-0.3, -0.25) is 0 Å². The van der Waals surface area contributed by atoms with Crippen LogP contribution in [0.5, 0.6) is 0 Å². The monoisotopic (exact) mass is 327 g/mol. The Balaban J connectivity index is 3.05. The van der Waals surface area contributed by atoms with E-state index in [2.05, 4.69) is 10.3 Å². The van der Waals surface area contributed by atoms with E-state index in [0.717, 1.165) is 6.42 Å². The summed E-state index contributed by atoms with van der Waals surface area (Å²) in [5.74, 6) is 0.578. The van der Waals surface area contributed by atoms with Crippen LogP contribution in [0.3, 0.4) is 0 Å². The second-order valence-corrected chi connectivity index (χ2v) is 4.93. The number of pyridine rings is 1. The van der Waals surface area contributed by atoms with E-state index >= 15 is 0 Å². The molecule has 1 aromatic heterocycles. The molecule has 0 aliphatic heterocycles. The second-order valence-electron chi connectivity index (χ2n) is 4.11. The highest BCUT2D eigenvalue weighted by atomic mass is 35.5. The number of aliphatic hydroxyl groups excluding tert-OH is 1. The molecule has 0 aliphatic carbocycles. The average molecular weight is 328 g/mol. The van der Waals surface area contributed by atoms with E-state index in [-0.39, 0.29) is 24.0 Å². The normalized spacial score (nSPS) is 10.9. The molecule has 20 heavy (non-hydrogen) atoms. The van der Waals surface area contributed by atoms with Crippen molar-refractivity contribution >= 4 is 34.8 Å². The van der Waals surface area contributed by atoms with E-state index in [1.807, 2.05) is 6.92 Å². The first-order valence-electron chi connectivity index (χ1n) is 6.23. The molecule has 0 spiro atoms. The summed E-state index contributed by atoms with van der Waals surface area (Å²) in [6, 6.07) is 1.46. The van der Waals surface area contributed by atoms with Crippen LogP contribution in [0.1, 0.15) is 13.3 Å². The van der Waals surface area contributed by atoms with Crippen molar-refractivity contribution in [3.05, 3.63) is 16.1 Å². The van der Waals surface area contributed by atoms with Crippen LogP contribution in [0, 0.1) is 0 Å². The Morgan fingerprint density at radius 1 is 1.40 bits per heavy atom. The van der Waals surface area contributed by atoms with Gasteiger partial charge in [-0.25, -0.2) is 13.8 Å². The van der Waals surface area contributed by atoms with Gasteiger partial charge in [-0.1, -0.05) is 30.1 Å². The Labute approximate surface area is 126 Å². The van der Waals surface area contributed by atoms with Gasteiger partial charge in [0.25, 0.3) is 6.43 Å². The maximum absolute atomic E-state index is 12.6. The molecule has 1 rings (SSSR count). The SMILES string of the molecule is CCCNc1nc(N(CCO)CC(F)F)c(Cl)cc1Cl. The molecule has 1 heterocycles. The van der Waals surface area contributed by atoms with E-state index in [1.54, 1.807) is 0 Å². The first-order valence-corrected chi connectivity index (χ1v) is 6.99. The van der Waals surface area contributed by atoms with Gasteiger partial charge in [0.15, 0.2) is 0 Å². The molecule has 0 saturated heterocycles. The van der Waals surface area contributed by atoms with Gasteiger partial charge < -0.3 is 15.3 Å². The Kier molecular flexibility index (Phi) is 7.26. The molecule has 0 aliphatic rings. The maximum Gasteiger partial charge on any atom is 0.255 e. The highest BCUT2D eigenvalue weighted by Gasteiger charge is 2.18. The maximum atomic E-state index is 12.6. The predicted molar refractivity (Wildman–Crippen MR) is 78.3 cm³/mol. The van der Waals surface area contributed by atoms with Crippen molar-refractivity contribution in [3.63, 3.8) is 0 Å². The molecule has 0 saturated carbocycles. The molecule has 0 unspecified atom stereocenters. The van der Waals surface area contributed by atoms with Crippen LogP contribution in [0.15, 0.2) is 6.07 Å². The highest BCUT2D eigenvalue weighted by Crippen LogP contribution is 2.31. The van der Waals surface area contributed by atoms with E-state index in [9.17, 15) is 8.78 Å². The number of nitrogens with zero attached hydrogens (tertiary/aromatic N) is 2. The summed E-state index contributed by atoms with van der Waals surface area (Å²) in [5, 5.41) is 12.5. The third-order valence-electron chi connectivity index (χ3n) is 2.48. The number of anilines is 2. The van der Waals surface area contributed by atoms with Crippen LogP contribution in [0.4, 0.5) is 20.4 Å². The highest BCUT2D eigenvalue weighted by molar-refractivity contribution is 6.37. The van der Waals surface area contributed by atoms with Gasteiger partial charge in [-0.15, -0.1) is 0 Å². The fourth-order valence-electron chi connectivity index (χ4n) is 1.62. The van der Waals surface area contributed by atoms with Crippen LogP contribution in [-0.2, 0) is 0 Å². The van der Waals surface area contributed by atoms with Gasteiger partial charge in [-0.05, 0) is 12.5 Å². The first kappa shape index (κ1) is 17.2. The standard InChI is InChI=1S/C12H17Cl2F2N3O/c1-2-3-17-11-8(13)6-9(14)12(18-11)19(4-5-20)7-10(15)16/h6,10,20H,2-5,7H2,1H3,(H,17,18). The quantitative estimate of drug-likeness (QED) is 0.769. The predicted octanol–water partition coefficient (Wildman–Crippen LogP) is 3.27. The van der Waals surface area contributed by atoms with E-state index in [0.29, 0.717) is 17.4 Å². The molecule has 0 bridgehead atoms. The zero-order valence-electron chi connectivity index (χ0n) is 11.0. The summed E-state index contributed by atoms with van der Waals surface area (Å²) in [6.07, 6.45) is -1.69. The van der Waals surface area contributed by atoms with Crippen LogP contribution < -0.4 is 10.2 Å². The van der Waals surface area contributed by atoms with Crippen molar-refractivity contribution in [1.82, 2.24) is 4.98 Å². The molecule has 4 nitrogen and oxygen atoms in total. The van der Waals surface area contributed by atoms with Crippen molar-refractivity contribution < 1.29 is 13.9 Å². The Morgan fingerprint density at radius 2 is 2.10 bits per heavy atom. The van der Waals surface area contributed by atoms with Crippen LogP contribution in [0.2, 0.25) is 10.0 Å². The third-order valence-corrected chi connectivity index (χ3v) is 3.05. The van der Waals surface area contributed by atoms with Crippen LogP contribution in [0.25, 0.3) is 0 Å². The number of hydrogen-bond acceptors (Lipinski definition) is 4. The summed E-state index contributed by atoms with van der Waals surface area (Å²) in [6.45, 7) is 1.83. The van der Waals surface area contributed by atoms with Gasteiger partial charge in [0.1, 0.15) is 11.6 Å². The number of rotatable bonds is 8. The second kappa shape index (κ2) is 8.44. The van der Waals surface area contributed by atoms with Gasteiger partial charge in [0, 0.05) is 13.1 Å². The zero-order chi connectivity index (χ0) is 15.1. The molecular weight excluding hydrogens is 311 g/mol. The molecule has 0 fully saturated rings. The van der Waals surface area contributed by atoms with Crippen molar-refractivity contribution in [2.24, 2.45) is 0 Å². The van der Waals surface area contributed by atoms with Crippen molar-refractivity contribution in [1.29, 1.82) is 0 Å². The minimum atomic E-state index is -2.55. The molecule has 0 amide bonds. The van der Waals surface area contributed by atoms with Crippen molar-refractivity contribution in [3.8, 4) is 0 Å². The average Bonchev–Trinajstić information content (AvgIpc) is 2.37. The van der Waals surface area contributed by atoms with Crippen LogP contribution in [-0.4, -0.2) is 42.8 Å². The fourth-order valence-corrected chi connectivity index (χ4v) is 2.16. The van der Waals surface area contributed by atoms with Gasteiger partial charge in [0.05, 0.1) is 23.2 Å². The van der Waals surface area contributed by atoms with Crippen molar-refractivity contribution in [2.45, 2.75) is 19.8 Å². The lowest BCUT2D eigenvalue weighted by Gasteiger charge is -2.24. The molecule has 0 radical (unpaired) electrons. The lowest BCUT2D eigenvalue weighted by molar-refractivity contribution is 0.152. The van der Waals surface area contributed by atoms with Crippen molar-refractivity contribution in [2.75, 3.05) is 36.5 Å². The van der Waals surface area contributed by atoms with E-state index in [1.165, 1.54) is 11.0 Å². The summed E-state index contributed by atoms with van der Waals surface area (Å²) in [5.41, 5.74) is 0. The summed E-state index contributed by atoms with van der Waals surface area (Å²) >= 11 is 12.0. The number of aromatic nitrogens is 1. The number of hydrogen-bond donors (Lipinski definition) is 2. The summed E-state index contributed by atoms with van der Waals surface area (Å²) in [4.78, 5) is 5.42. The first-order chi connectivity index (χ1) is 9.49. The smallest absolute Gasteiger partial charge is 0.255 e. The van der Waals surface area contributed by atoms with Crippen LogP contribution >= 0.6 is 23.2 Å². The minimum absolute atomic E-state index is 0.0198. The molecule has 114 valence electrons. The molecule has 0 atom stereocenters. The Bertz CT molecular complexity index is 435. The molecule has 1 aromatic rings. The molecule has 8 heteroatoms. The van der Waals surface area contributed by atoms with Gasteiger partial charge in [-0.2, -0.15) is 0 Å². The van der Waals surface area contributed by atoms with Gasteiger partial charge >= 0.3 is 0 Å². The number of halogens is 4. The lowest BCUT2D eigenvalue weighted by atomic mass is 10.3. The summed E-state index contributed by atoms with van der Waals surface area (Å²) in [7, 11) is 0. The minimum Gasteiger partial charge on any atom is -0.395 e. The largest absolute Gasteiger partial charge is 0.395 e. The Hall–Kier alpha value is -0.850. The Morgan fingerprint density at radius 3 is 2.65 bits per heavy atom. The van der Waals surface area contributed by atoms with E-state index < -0.39 is 13.0 Å². The summed E-state index contributed by atoms with van der Waals surface area (Å²) < 4.78 is 25.1. The van der Waals surface area contributed by atoms with E-state index in [4.69, 9.17) is 28.3 Å². The topological polar surface area (TPSA) is 48.4 Å². The number of alkyl halides is 2. The fraction of sp³-hybridized carbons (Fsp3) is 0.583. The number of aliphatic hydroxyl groups is 1.